The molecule has 3 rings (SSSR count). The quantitative estimate of drug-likeness (QED) is 0.588. The molecule has 150 valence electrons. The summed E-state index contributed by atoms with van der Waals surface area (Å²) in [6.07, 6.45) is 2.87. The second-order valence-corrected chi connectivity index (χ2v) is 6.63. The highest BCUT2D eigenvalue weighted by atomic mass is 19.4. The van der Waals surface area contributed by atoms with Gasteiger partial charge in [-0.25, -0.2) is 4.79 Å². The summed E-state index contributed by atoms with van der Waals surface area (Å²) < 4.78 is 49.3. The summed E-state index contributed by atoms with van der Waals surface area (Å²) in [5.74, 6) is -0.192. The van der Waals surface area contributed by atoms with Gasteiger partial charge in [0.1, 0.15) is 11.3 Å². The van der Waals surface area contributed by atoms with Gasteiger partial charge >= 0.3 is 11.8 Å². The average molecular weight is 395 g/mol. The van der Waals surface area contributed by atoms with Gasteiger partial charge in [-0.2, -0.15) is 13.2 Å². The molecule has 0 unspecified atom stereocenters. The average Bonchev–Trinajstić information content (AvgIpc) is 2.65. The highest BCUT2D eigenvalue weighted by Gasteiger charge is 2.33. The zero-order valence-corrected chi connectivity index (χ0v) is 15.1. The van der Waals surface area contributed by atoms with Crippen LogP contribution in [0.3, 0.4) is 0 Å². The normalized spacial score (nSPS) is 14.6. The lowest BCUT2D eigenvalue weighted by atomic mass is 9.97. The van der Waals surface area contributed by atoms with Crippen LogP contribution in [0.1, 0.15) is 37.7 Å². The van der Waals surface area contributed by atoms with Crippen molar-refractivity contribution >= 4 is 16.9 Å². The Balaban J connectivity index is 1.59. The number of carbonyl (C=O) groups is 1. The Morgan fingerprint density at radius 3 is 2.75 bits per heavy atom. The van der Waals surface area contributed by atoms with Gasteiger partial charge in [-0.3, -0.25) is 4.79 Å². The van der Waals surface area contributed by atoms with Crippen molar-refractivity contribution in [3.8, 4) is 5.75 Å². The lowest BCUT2D eigenvalue weighted by Gasteiger charge is -2.13. The van der Waals surface area contributed by atoms with Crippen molar-refractivity contribution < 1.29 is 27.1 Å². The molecule has 1 aromatic carbocycles. The Hall–Kier alpha value is -2.77. The minimum Gasteiger partial charge on any atom is -0.484 e. The molecular weight excluding hydrogens is 375 g/mol. The van der Waals surface area contributed by atoms with E-state index in [1.165, 1.54) is 30.5 Å². The first-order valence-electron chi connectivity index (χ1n) is 9.05. The molecule has 0 atom stereocenters. The SMILES string of the molecule is O=C(COc1ccc2c(C(F)(F)F)cc(=O)oc2c1)NCCC1=CCCCC1. The van der Waals surface area contributed by atoms with E-state index < -0.39 is 17.4 Å². The molecule has 28 heavy (non-hydrogen) atoms. The van der Waals surface area contributed by atoms with Gasteiger partial charge in [-0.05, 0) is 44.2 Å². The maximum absolute atomic E-state index is 13.0. The molecular formula is C20H20F3NO4. The topological polar surface area (TPSA) is 68.5 Å². The first-order valence-corrected chi connectivity index (χ1v) is 9.05. The van der Waals surface area contributed by atoms with E-state index in [1.54, 1.807) is 0 Å². The number of hydrogen-bond donors (Lipinski definition) is 1. The Morgan fingerprint density at radius 2 is 2.04 bits per heavy atom. The van der Waals surface area contributed by atoms with Crippen LogP contribution < -0.4 is 15.7 Å². The molecule has 5 nitrogen and oxygen atoms in total. The minimum atomic E-state index is -4.68. The van der Waals surface area contributed by atoms with E-state index in [-0.39, 0.29) is 29.2 Å². The van der Waals surface area contributed by atoms with Gasteiger partial charge in [0.05, 0.1) is 5.56 Å². The van der Waals surface area contributed by atoms with Gasteiger partial charge < -0.3 is 14.5 Å². The number of halogens is 3. The summed E-state index contributed by atoms with van der Waals surface area (Å²) in [7, 11) is 0. The third-order valence-corrected chi connectivity index (χ3v) is 4.54. The zero-order valence-electron chi connectivity index (χ0n) is 15.1. The van der Waals surface area contributed by atoms with E-state index in [0.717, 1.165) is 25.3 Å². The summed E-state index contributed by atoms with van der Waals surface area (Å²) in [6, 6.07) is 4.05. The molecule has 0 aliphatic heterocycles. The van der Waals surface area contributed by atoms with Crippen molar-refractivity contribution in [2.45, 2.75) is 38.3 Å². The third-order valence-electron chi connectivity index (χ3n) is 4.54. The van der Waals surface area contributed by atoms with Crippen molar-refractivity contribution in [3.05, 3.63) is 51.9 Å². The molecule has 0 saturated carbocycles. The fourth-order valence-corrected chi connectivity index (χ4v) is 3.16. The fourth-order valence-electron chi connectivity index (χ4n) is 3.16. The van der Waals surface area contributed by atoms with Gasteiger partial charge in [-0.1, -0.05) is 11.6 Å². The molecule has 1 aromatic heterocycles. The number of benzene rings is 1. The van der Waals surface area contributed by atoms with Crippen molar-refractivity contribution in [1.29, 1.82) is 0 Å². The van der Waals surface area contributed by atoms with Crippen LogP contribution in [0.15, 0.2) is 45.1 Å². The maximum Gasteiger partial charge on any atom is 0.417 e. The van der Waals surface area contributed by atoms with Crippen molar-refractivity contribution in [3.63, 3.8) is 0 Å². The second-order valence-electron chi connectivity index (χ2n) is 6.63. The Morgan fingerprint density at radius 1 is 1.21 bits per heavy atom. The van der Waals surface area contributed by atoms with E-state index >= 15 is 0 Å². The van der Waals surface area contributed by atoms with Gasteiger partial charge in [0.25, 0.3) is 5.91 Å². The lowest BCUT2D eigenvalue weighted by Crippen LogP contribution is -2.30. The second kappa shape index (κ2) is 8.50. The molecule has 1 aliphatic rings. The first-order chi connectivity index (χ1) is 13.3. The summed E-state index contributed by atoms with van der Waals surface area (Å²) in [6.45, 7) is 0.226. The molecule has 8 heteroatoms. The summed E-state index contributed by atoms with van der Waals surface area (Å²) >= 11 is 0. The van der Waals surface area contributed by atoms with E-state index in [1.807, 2.05) is 0 Å². The molecule has 1 aliphatic carbocycles. The van der Waals surface area contributed by atoms with Crippen molar-refractivity contribution in [2.75, 3.05) is 13.2 Å². The molecule has 1 N–H and O–H groups in total. The third kappa shape index (κ3) is 5.15. The highest BCUT2D eigenvalue weighted by molar-refractivity contribution is 5.82. The van der Waals surface area contributed by atoms with Gasteiger partial charge in [-0.15, -0.1) is 0 Å². The van der Waals surface area contributed by atoms with Crippen LogP contribution >= 0.6 is 0 Å². The Bertz CT molecular complexity index is 947. The van der Waals surface area contributed by atoms with E-state index in [2.05, 4.69) is 11.4 Å². The number of allylic oxidation sites excluding steroid dienone is 1. The molecule has 0 saturated heterocycles. The van der Waals surface area contributed by atoms with Gasteiger partial charge in [0, 0.05) is 24.1 Å². The number of fused-ring (bicyclic) bond motifs is 1. The van der Waals surface area contributed by atoms with Crippen LogP contribution in [0, 0.1) is 0 Å². The lowest BCUT2D eigenvalue weighted by molar-refractivity contribution is -0.136. The standard InChI is InChI=1S/C20H20F3NO4/c21-20(22,23)16-11-19(26)28-17-10-14(6-7-15(16)17)27-12-18(25)24-9-8-13-4-2-1-3-5-13/h4,6-7,10-11H,1-3,5,8-9,12H2,(H,24,25). The monoisotopic (exact) mass is 395 g/mol. The number of ether oxygens (including phenoxy) is 1. The Kier molecular flexibility index (Phi) is 6.06. The van der Waals surface area contributed by atoms with Crippen LogP contribution in [0.2, 0.25) is 0 Å². The summed E-state index contributed by atoms with van der Waals surface area (Å²) in [5, 5.41) is 2.50. The number of rotatable bonds is 6. The molecule has 0 bridgehead atoms. The number of hydrogen-bond acceptors (Lipinski definition) is 4. The van der Waals surface area contributed by atoms with Crippen molar-refractivity contribution in [1.82, 2.24) is 5.32 Å². The number of amides is 1. The molecule has 0 spiro atoms. The highest BCUT2D eigenvalue weighted by Crippen LogP contribution is 2.34. The smallest absolute Gasteiger partial charge is 0.417 e. The van der Waals surface area contributed by atoms with Crippen molar-refractivity contribution in [2.24, 2.45) is 0 Å². The van der Waals surface area contributed by atoms with Crippen LogP contribution in [0.25, 0.3) is 11.0 Å². The minimum absolute atomic E-state index is 0.139. The van der Waals surface area contributed by atoms with Crippen LogP contribution in [0.4, 0.5) is 13.2 Å². The summed E-state index contributed by atoms with van der Waals surface area (Å²) in [4.78, 5) is 23.3. The number of carbonyl (C=O) groups excluding carboxylic acids is 1. The summed E-state index contributed by atoms with van der Waals surface area (Å²) in [5.41, 5.74) is -1.08. The van der Waals surface area contributed by atoms with Crippen LogP contribution in [-0.4, -0.2) is 19.1 Å². The van der Waals surface area contributed by atoms with Gasteiger partial charge in [0.2, 0.25) is 0 Å². The maximum atomic E-state index is 13.0. The molecule has 1 heterocycles. The van der Waals surface area contributed by atoms with Crippen LogP contribution in [0.5, 0.6) is 5.75 Å². The number of nitrogens with one attached hydrogen (secondary N) is 1. The van der Waals surface area contributed by atoms with Gasteiger partial charge in [0.15, 0.2) is 6.61 Å². The Labute approximate surface area is 159 Å². The number of alkyl halides is 3. The van der Waals surface area contributed by atoms with E-state index in [4.69, 9.17) is 9.15 Å². The molecule has 0 radical (unpaired) electrons. The van der Waals surface area contributed by atoms with E-state index in [0.29, 0.717) is 12.6 Å². The fraction of sp³-hybridized carbons (Fsp3) is 0.400. The predicted octanol–water partition coefficient (Wildman–Crippen LogP) is 4.20. The van der Waals surface area contributed by atoms with Crippen LogP contribution in [-0.2, 0) is 11.0 Å². The zero-order chi connectivity index (χ0) is 20.1. The molecule has 0 fully saturated rings. The van der Waals surface area contributed by atoms with E-state index in [9.17, 15) is 22.8 Å². The predicted molar refractivity (Wildman–Crippen MR) is 97.2 cm³/mol. The largest absolute Gasteiger partial charge is 0.484 e. The molecule has 1 amide bonds. The first kappa shape index (κ1) is 20.0. The molecule has 2 aromatic rings.